The Morgan fingerprint density at radius 1 is 1.50 bits per heavy atom. The number of hydrogen-bond acceptors (Lipinski definition) is 3. The van der Waals surface area contributed by atoms with Crippen LogP contribution >= 0.6 is 11.3 Å². The van der Waals surface area contributed by atoms with Crippen LogP contribution in [0.25, 0.3) is 0 Å². The zero-order chi connectivity index (χ0) is 8.97. The third kappa shape index (κ3) is 2.21. The molecule has 0 atom stereocenters. The molecular weight excluding hydrogens is 168 g/mol. The van der Waals surface area contributed by atoms with Crippen LogP contribution in [-0.4, -0.2) is 12.0 Å². The highest BCUT2D eigenvalue weighted by Crippen LogP contribution is 2.23. The summed E-state index contributed by atoms with van der Waals surface area (Å²) in [5.41, 5.74) is 1.19. The Kier molecular flexibility index (Phi) is 3.53. The molecule has 0 amide bonds. The molecule has 68 valence electrons. The summed E-state index contributed by atoms with van der Waals surface area (Å²) in [6.45, 7) is 4.30. The Morgan fingerprint density at radius 3 is 2.75 bits per heavy atom. The molecule has 0 spiro atoms. The number of nitrogens with zero attached hydrogens (tertiary/aromatic N) is 1. The van der Waals surface area contributed by atoms with Gasteiger partial charge in [0.15, 0.2) is 5.13 Å². The van der Waals surface area contributed by atoms with Gasteiger partial charge in [0.1, 0.15) is 0 Å². The average Bonchev–Trinajstić information content (AvgIpc) is 2.43. The number of hydrogen-bond donors (Lipinski definition) is 1. The van der Waals surface area contributed by atoms with Crippen LogP contribution in [0, 0.1) is 6.92 Å². The zero-order valence-electron chi connectivity index (χ0n) is 7.98. The van der Waals surface area contributed by atoms with Crippen molar-refractivity contribution in [3.8, 4) is 0 Å². The molecule has 1 aromatic heterocycles. The topological polar surface area (TPSA) is 24.9 Å². The molecule has 0 saturated heterocycles. The molecule has 1 N–H and O–H groups in total. The molecule has 12 heavy (non-hydrogen) atoms. The Morgan fingerprint density at radius 2 is 2.25 bits per heavy atom. The molecule has 0 aliphatic rings. The van der Waals surface area contributed by atoms with E-state index >= 15 is 0 Å². The first-order valence-electron chi connectivity index (χ1n) is 4.42. The van der Waals surface area contributed by atoms with Gasteiger partial charge in [0.25, 0.3) is 0 Å². The van der Waals surface area contributed by atoms with Gasteiger partial charge in [0.2, 0.25) is 0 Å². The minimum atomic E-state index is 1.04. The predicted molar refractivity (Wildman–Crippen MR) is 55.0 cm³/mol. The predicted octanol–water partition coefficient (Wildman–Crippen LogP) is 2.84. The smallest absolute Gasteiger partial charge is 0.182 e. The molecule has 0 fully saturated rings. The van der Waals surface area contributed by atoms with Crippen LogP contribution in [-0.2, 0) is 6.42 Å². The number of nitrogens with one attached hydrogen (secondary N) is 1. The Bertz CT molecular complexity index is 243. The van der Waals surface area contributed by atoms with Crippen molar-refractivity contribution in [3.05, 3.63) is 10.6 Å². The molecule has 0 saturated carbocycles. The van der Waals surface area contributed by atoms with Crippen molar-refractivity contribution in [1.29, 1.82) is 0 Å². The maximum absolute atomic E-state index is 4.39. The van der Waals surface area contributed by atoms with Crippen LogP contribution in [0.5, 0.6) is 0 Å². The fourth-order valence-corrected chi connectivity index (χ4v) is 2.06. The fraction of sp³-hybridized carbons (Fsp3) is 0.667. The van der Waals surface area contributed by atoms with E-state index in [4.69, 9.17) is 0 Å². The molecule has 1 aromatic rings. The van der Waals surface area contributed by atoms with Gasteiger partial charge in [0.05, 0.1) is 5.69 Å². The Hall–Kier alpha value is -0.570. The highest BCUT2D eigenvalue weighted by molar-refractivity contribution is 7.15. The Labute approximate surface area is 78.0 Å². The second kappa shape index (κ2) is 4.45. The standard InChI is InChI=1S/C9H16N2S/c1-4-5-6-8-7(2)11-9(10-3)12-8/h4-6H2,1-3H3,(H,10,11). The van der Waals surface area contributed by atoms with Gasteiger partial charge in [-0.15, -0.1) is 11.3 Å². The number of thiazole rings is 1. The van der Waals surface area contributed by atoms with Crippen molar-refractivity contribution in [2.24, 2.45) is 0 Å². The van der Waals surface area contributed by atoms with Crippen molar-refractivity contribution >= 4 is 16.5 Å². The van der Waals surface area contributed by atoms with E-state index in [1.54, 1.807) is 11.3 Å². The molecular formula is C9H16N2S. The minimum absolute atomic E-state index is 1.04. The van der Waals surface area contributed by atoms with Crippen molar-refractivity contribution in [2.75, 3.05) is 12.4 Å². The molecule has 3 heteroatoms. The van der Waals surface area contributed by atoms with E-state index < -0.39 is 0 Å². The lowest BCUT2D eigenvalue weighted by Gasteiger charge is -1.93. The number of rotatable bonds is 4. The molecule has 1 rings (SSSR count). The molecule has 0 aliphatic carbocycles. The van der Waals surface area contributed by atoms with E-state index in [0.717, 1.165) is 5.13 Å². The summed E-state index contributed by atoms with van der Waals surface area (Å²) in [7, 11) is 1.92. The van der Waals surface area contributed by atoms with Crippen LogP contribution in [0.2, 0.25) is 0 Å². The summed E-state index contributed by atoms with van der Waals surface area (Å²) in [5, 5.41) is 4.11. The van der Waals surface area contributed by atoms with Crippen LogP contribution in [0.1, 0.15) is 30.3 Å². The maximum atomic E-state index is 4.39. The molecule has 0 aliphatic heterocycles. The lowest BCUT2D eigenvalue weighted by molar-refractivity contribution is 0.798. The first-order chi connectivity index (χ1) is 5.77. The van der Waals surface area contributed by atoms with E-state index in [1.807, 2.05) is 7.05 Å². The molecule has 2 nitrogen and oxygen atoms in total. The normalized spacial score (nSPS) is 10.2. The van der Waals surface area contributed by atoms with Crippen molar-refractivity contribution in [1.82, 2.24) is 4.98 Å². The van der Waals surface area contributed by atoms with Gasteiger partial charge in [0, 0.05) is 11.9 Å². The second-order valence-corrected chi connectivity index (χ2v) is 3.96. The average molecular weight is 184 g/mol. The monoisotopic (exact) mass is 184 g/mol. The van der Waals surface area contributed by atoms with Gasteiger partial charge >= 0.3 is 0 Å². The number of unbranched alkanes of at least 4 members (excludes halogenated alkanes) is 1. The summed E-state index contributed by atoms with van der Waals surface area (Å²) < 4.78 is 0. The van der Waals surface area contributed by atoms with Gasteiger partial charge in [-0.3, -0.25) is 0 Å². The molecule has 0 aromatic carbocycles. The van der Waals surface area contributed by atoms with Gasteiger partial charge in [-0.1, -0.05) is 13.3 Å². The molecule has 0 radical (unpaired) electrons. The van der Waals surface area contributed by atoms with Crippen LogP contribution in [0.3, 0.4) is 0 Å². The quantitative estimate of drug-likeness (QED) is 0.778. The minimum Gasteiger partial charge on any atom is -0.365 e. The summed E-state index contributed by atoms with van der Waals surface area (Å²) in [6, 6.07) is 0. The third-order valence-corrected chi connectivity index (χ3v) is 3.10. The van der Waals surface area contributed by atoms with Crippen LogP contribution in [0.4, 0.5) is 5.13 Å². The summed E-state index contributed by atoms with van der Waals surface area (Å²) in [5.74, 6) is 0. The Balaban J connectivity index is 2.64. The van der Waals surface area contributed by atoms with Gasteiger partial charge in [-0.05, 0) is 19.8 Å². The van der Waals surface area contributed by atoms with Gasteiger partial charge in [-0.2, -0.15) is 0 Å². The third-order valence-electron chi connectivity index (χ3n) is 1.86. The summed E-state index contributed by atoms with van der Waals surface area (Å²) in [4.78, 5) is 5.82. The van der Waals surface area contributed by atoms with Crippen molar-refractivity contribution in [2.45, 2.75) is 33.1 Å². The largest absolute Gasteiger partial charge is 0.365 e. The van der Waals surface area contributed by atoms with E-state index in [9.17, 15) is 0 Å². The van der Waals surface area contributed by atoms with Crippen molar-refractivity contribution in [3.63, 3.8) is 0 Å². The van der Waals surface area contributed by atoms with Crippen molar-refractivity contribution < 1.29 is 0 Å². The summed E-state index contributed by atoms with van der Waals surface area (Å²) in [6.07, 6.45) is 3.71. The molecule has 1 heterocycles. The second-order valence-electron chi connectivity index (χ2n) is 2.88. The first-order valence-corrected chi connectivity index (χ1v) is 5.23. The first kappa shape index (κ1) is 9.52. The van der Waals surface area contributed by atoms with E-state index in [-0.39, 0.29) is 0 Å². The zero-order valence-corrected chi connectivity index (χ0v) is 8.79. The summed E-state index contributed by atoms with van der Waals surface area (Å²) >= 11 is 1.78. The fourth-order valence-electron chi connectivity index (χ4n) is 1.10. The highest BCUT2D eigenvalue weighted by Gasteiger charge is 2.04. The molecule has 0 bridgehead atoms. The maximum Gasteiger partial charge on any atom is 0.182 e. The van der Waals surface area contributed by atoms with E-state index in [2.05, 4.69) is 24.1 Å². The SMILES string of the molecule is CCCCc1sc(NC)nc1C. The van der Waals surface area contributed by atoms with E-state index in [1.165, 1.54) is 29.8 Å². The lowest BCUT2D eigenvalue weighted by Crippen LogP contribution is -1.85. The lowest BCUT2D eigenvalue weighted by atomic mass is 10.2. The highest BCUT2D eigenvalue weighted by atomic mass is 32.1. The van der Waals surface area contributed by atoms with Crippen LogP contribution < -0.4 is 5.32 Å². The van der Waals surface area contributed by atoms with Gasteiger partial charge in [-0.25, -0.2) is 4.98 Å². The number of aromatic nitrogens is 1. The van der Waals surface area contributed by atoms with Crippen LogP contribution in [0.15, 0.2) is 0 Å². The van der Waals surface area contributed by atoms with E-state index in [0.29, 0.717) is 0 Å². The number of aryl methyl sites for hydroxylation is 2. The molecule has 0 unspecified atom stereocenters. The number of anilines is 1. The van der Waals surface area contributed by atoms with Gasteiger partial charge < -0.3 is 5.32 Å².